The van der Waals surface area contributed by atoms with Crippen LogP contribution in [-0.2, 0) is 9.59 Å². The van der Waals surface area contributed by atoms with Crippen LogP contribution in [0.5, 0.6) is 5.75 Å². The summed E-state index contributed by atoms with van der Waals surface area (Å²) in [6.45, 7) is -0.841. The average Bonchev–Trinajstić information content (AvgIpc) is 2.35. The molecule has 0 atom stereocenters. The molecule has 0 bridgehead atoms. The standard InChI is InChI=1S/C12H13NO6/c14-10(15)6-7-13(8-11(16)17)12(18)19-9-4-2-1-3-5-9/h1-5H,6-8H2,(H,14,15)(H,16,17). The lowest BCUT2D eigenvalue weighted by atomic mass is 10.3. The number of hydrogen-bond acceptors (Lipinski definition) is 4. The van der Waals surface area contributed by atoms with Crippen molar-refractivity contribution in [1.29, 1.82) is 0 Å². The Morgan fingerprint density at radius 2 is 1.68 bits per heavy atom. The smallest absolute Gasteiger partial charge is 0.415 e. The number of carbonyl (C=O) groups is 3. The van der Waals surface area contributed by atoms with Gasteiger partial charge in [0, 0.05) is 6.54 Å². The van der Waals surface area contributed by atoms with Gasteiger partial charge >= 0.3 is 18.0 Å². The van der Waals surface area contributed by atoms with Crippen molar-refractivity contribution in [3.63, 3.8) is 0 Å². The van der Waals surface area contributed by atoms with Gasteiger partial charge in [0.15, 0.2) is 0 Å². The van der Waals surface area contributed by atoms with Crippen LogP contribution in [0, 0.1) is 0 Å². The van der Waals surface area contributed by atoms with E-state index in [2.05, 4.69) is 0 Å². The van der Waals surface area contributed by atoms with Crippen molar-refractivity contribution in [2.24, 2.45) is 0 Å². The molecule has 0 heterocycles. The molecule has 0 unspecified atom stereocenters. The lowest BCUT2D eigenvalue weighted by molar-refractivity contribution is -0.140. The van der Waals surface area contributed by atoms with Gasteiger partial charge in [0.05, 0.1) is 6.42 Å². The number of aliphatic carboxylic acids is 2. The van der Waals surface area contributed by atoms with Crippen LogP contribution in [0.2, 0.25) is 0 Å². The largest absolute Gasteiger partial charge is 0.481 e. The second-order valence-electron chi connectivity index (χ2n) is 3.64. The number of carboxylic acids is 2. The molecule has 0 fully saturated rings. The lowest BCUT2D eigenvalue weighted by Gasteiger charge is -2.19. The van der Waals surface area contributed by atoms with Gasteiger partial charge in [-0.2, -0.15) is 0 Å². The van der Waals surface area contributed by atoms with Gasteiger partial charge < -0.3 is 14.9 Å². The quantitative estimate of drug-likeness (QED) is 0.798. The number of carboxylic acid groups (broad SMARTS) is 2. The van der Waals surface area contributed by atoms with E-state index in [1.807, 2.05) is 0 Å². The zero-order valence-electron chi connectivity index (χ0n) is 9.98. The Bertz CT molecular complexity index is 459. The summed E-state index contributed by atoms with van der Waals surface area (Å²) in [6, 6.07) is 8.11. The molecule has 0 radical (unpaired) electrons. The average molecular weight is 267 g/mol. The van der Waals surface area contributed by atoms with Crippen LogP contribution in [0.15, 0.2) is 30.3 Å². The minimum atomic E-state index is -1.24. The monoisotopic (exact) mass is 267 g/mol. The van der Waals surface area contributed by atoms with E-state index in [-0.39, 0.29) is 18.7 Å². The minimum Gasteiger partial charge on any atom is -0.481 e. The summed E-state index contributed by atoms with van der Waals surface area (Å²) in [5.74, 6) is -2.10. The molecule has 0 saturated heterocycles. The highest BCUT2D eigenvalue weighted by Gasteiger charge is 2.19. The maximum absolute atomic E-state index is 11.7. The molecule has 7 heteroatoms. The Labute approximate surface area is 109 Å². The zero-order valence-corrected chi connectivity index (χ0v) is 9.98. The molecule has 0 aromatic heterocycles. The number of para-hydroxylation sites is 1. The topological polar surface area (TPSA) is 104 Å². The van der Waals surface area contributed by atoms with Crippen molar-refractivity contribution in [2.75, 3.05) is 13.1 Å². The summed E-state index contributed by atoms with van der Waals surface area (Å²) < 4.78 is 4.94. The predicted molar refractivity (Wildman–Crippen MR) is 63.9 cm³/mol. The van der Waals surface area contributed by atoms with Crippen LogP contribution in [0.25, 0.3) is 0 Å². The molecule has 0 spiro atoms. The first-order chi connectivity index (χ1) is 8.99. The van der Waals surface area contributed by atoms with Gasteiger partial charge in [-0.3, -0.25) is 14.5 Å². The molecule has 19 heavy (non-hydrogen) atoms. The second kappa shape index (κ2) is 7.00. The van der Waals surface area contributed by atoms with Crippen molar-refractivity contribution < 1.29 is 29.3 Å². The molecule has 0 saturated carbocycles. The highest BCUT2D eigenvalue weighted by Crippen LogP contribution is 2.10. The third kappa shape index (κ3) is 5.53. The van der Waals surface area contributed by atoms with E-state index < -0.39 is 24.6 Å². The van der Waals surface area contributed by atoms with Crippen LogP contribution in [0.3, 0.4) is 0 Å². The fourth-order valence-corrected chi connectivity index (χ4v) is 1.28. The van der Waals surface area contributed by atoms with Crippen molar-refractivity contribution in [1.82, 2.24) is 4.90 Å². The van der Waals surface area contributed by atoms with E-state index in [1.165, 1.54) is 12.1 Å². The van der Waals surface area contributed by atoms with Gasteiger partial charge in [-0.25, -0.2) is 4.79 Å². The highest BCUT2D eigenvalue weighted by atomic mass is 16.6. The molecule has 0 aliphatic carbocycles. The minimum absolute atomic E-state index is 0.229. The number of hydrogen-bond donors (Lipinski definition) is 2. The molecule has 0 aliphatic rings. The Balaban J connectivity index is 2.65. The summed E-state index contributed by atoms with van der Waals surface area (Å²) in [4.78, 5) is 33.6. The van der Waals surface area contributed by atoms with Gasteiger partial charge in [-0.05, 0) is 12.1 Å². The van der Waals surface area contributed by atoms with Crippen LogP contribution in [0.4, 0.5) is 4.79 Å². The van der Waals surface area contributed by atoms with E-state index in [9.17, 15) is 14.4 Å². The summed E-state index contributed by atoms with van der Waals surface area (Å²) in [6.07, 6.45) is -1.24. The first-order valence-electron chi connectivity index (χ1n) is 5.44. The third-order valence-corrected chi connectivity index (χ3v) is 2.13. The van der Waals surface area contributed by atoms with Crippen molar-refractivity contribution in [2.45, 2.75) is 6.42 Å². The number of carbonyl (C=O) groups excluding carboxylic acids is 1. The van der Waals surface area contributed by atoms with E-state index in [0.717, 1.165) is 4.90 Å². The molecule has 7 nitrogen and oxygen atoms in total. The number of rotatable bonds is 6. The van der Waals surface area contributed by atoms with E-state index in [0.29, 0.717) is 0 Å². The fraction of sp³-hybridized carbons (Fsp3) is 0.250. The first kappa shape index (κ1) is 14.5. The molecule has 1 rings (SSSR count). The van der Waals surface area contributed by atoms with Crippen molar-refractivity contribution >= 4 is 18.0 Å². The normalized spacial score (nSPS) is 9.68. The Morgan fingerprint density at radius 3 is 2.21 bits per heavy atom. The summed E-state index contributed by atoms with van der Waals surface area (Å²) in [5.41, 5.74) is 0. The zero-order chi connectivity index (χ0) is 14.3. The SMILES string of the molecule is O=C(O)CCN(CC(=O)O)C(=O)Oc1ccccc1. The van der Waals surface area contributed by atoms with Gasteiger partial charge in [0.1, 0.15) is 12.3 Å². The van der Waals surface area contributed by atoms with E-state index in [1.54, 1.807) is 18.2 Å². The van der Waals surface area contributed by atoms with Gasteiger partial charge in [-0.15, -0.1) is 0 Å². The Kier molecular flexibility index (Phi) is 5.34. The molecule has 2 N–H and O–H groups in total. The number of ether oxygens (including phenoxy) is 1. The molecule has 0 aliphatic heterocycles. The summed E-state index contributed by atoms with van der Waals surface area (Å²) in [7, 11) is 0. The first-order valence-corrected chi connectivity index (χ1v) is 5.44. The second-order valence-corrected chi connectivity index (χ2v) is 3.64. The van der Waals surface area contributed by atoms with Crippen LogP contribution in [-0.4, -0.2) is 46.2 Å². The molecule has 1 aromatic rings. The van der Waals surface area contributed by atoms with E-state index in [4.69, 9.17) is 14.9 Å². The van der Waals surface area contributed by atoms with Crippen LogP contribution < -0.4 is 4.74 Å². The third-order valence-electron chi connectivity index (χ3n) is 2.13. The number of benzene rings is 1. The Morgan fingerprint density at radius 1 is 1.05 bits per heavy atom. The molecular weight excluding hydrogens is 254 g/mol. The molecule has 1 aromatic carbocycles. The summed E-state index contributed by atoms with van der Waals surface area (Å²) in [5, 5.41) is 17.2. The molecule has 102 valence electrons. The van der Waals surface area contributed by atoms with Crippen molar-refractivity contribution in [3.8, 4) is 5.75 Å². The van der Waals surface area contributed by atoms with Gasteiger partial charge in [-0.1, -0.05) is 18.2 Å². The van der Waals surface area contributed by atoms with Crippen LogP contribution in [0.1, 0.15) is 6.42 Å². The predicted octanol–water partition coefficient (Wildman–Crippen LogP) is 1.05. The summed E-state index contributed by atoms with van der Waals surface area (Å²) >= 11 is 0. The van der Waals surface area contributed by atoms with E-state index >= 15 is 0 Å². The number of nitrogens with zero attached hydrogens (tertiary/aromatic N) is 1. The molecule has 1 amide bonds. The number of amides is 1. The maximum atomic E-state index is 11.7. The highest BCUT2D eigenvalue weighted by molar-refractivity contribution is 5.78. The van der Waals surface area contributed by atoms with Gasteiger partial charge in [0.2, 0.25) is 0 Å². The molecular formula is C12H13NO6. The van der Waals surface area contributed by atoms with Crippen molar-refractivity contribution in [3.05, 3.63) is 30.3 Å². The van der Waals surface area contributed by atoms with Gasteiger partial charge in [0.25, 0.3) is 0 Å². The maximum Gasteiger partial charge on any atom is 0.415 e. The van der Waals surface area contributed by atoms with Crippen LogP contribution >= 0.6 is 0 Å². The Hall–Kier alpha value is -2.57. The fourth-order valence-electron chi connectivity index (χ4n) is 1.28. The lowest BCUT2D eigenvalue weighted by Crippen LogP contribution is -2.39.